The zero-order valence-corrected chi connectivity index (χ0v) is 18.7. The molecule has 0 heterocycles. The van der Waals surface area contributed by atoms with Crippen molar-refractivity contribution >= 4 is 47.8 Å². The Morgan fingerprint density at radius 2 is 0.273 bits per heavy atom. The van der Waals surface area contributed by atoms with Gasteiger partial charge >= 0.3 is 51.4 Å². The number of carboxylic acids is 8. The molecule has 0 rings (SSSR count). The van der Waals surface area contributed by atoms with Gasteiger partial charge in [0.15, 0.2) is 0 Å². The van der Waals surface area contributed by atoms with Crippen LogP contribution in [0.15, 0.2) is 0 Å². The fourth-order valence-electron chi connectivity index (χ4n) is 0. The Bertz CT molecular complexity index is 393. The van der Waals surface area contributed by atoms with E-state index in [9.17, 15) is 0 Å². The maximum absolute atomic E-state index is 8.93. The van der Waals surface area contributed by atoms with Crippen molar-refractivity contribution in [2.24, 2.45) is 0 Å². The molecule has 0 amide bonds. The standard InChI is InChI=1S/4C2H2O4.K.8H2O/c4*3-1(4)2(5)6;;;;;;;;;/h4*(H,3,4)(H,5,6);;8*1H2/q;;;;+1;;;;;;;;/p-8. The van der Waals surface area contributed by atoms with Crippen molar-refractivity contribution in [1.82, 2.24) is 0 Å². The van der Waals surface area contributed by atoms with Gasteiger partial charge in [-0.2, -0.15) is 0 Å². The first-order valence-electron chi connectivity index (χ1n) is 4.27. The van der Waals surface area contributed by atoms with Gasteiger partial charge in [0, 0.05) is 0 Å². The summed E-state index contributed by atoms with van der Waals surface area (Å²) in [6.45, 7) is 0. The zero-order chi connectivity index (χ0) is 20.6. The molecular weight excluding hydrogens is 519 g/mol. The third-order valence-corrected chi connectivity index (χ3v) is 0.667. The van der Waals surface area contributed by atoms with E-state index >= 15 is 0 Å². The molecule has 25 heteroatoms. The van der Waals surface area contributed by atoms with Gasteiger partial charge < -0.3 is 123 Å². The van der Waals surface area contributed by atoms with Crippen molar-refractivity contribution in [3.8, 4) is 0 Å². The first-order chi connectivity index (χ1) is 10.6. The number of rotatable bonds is 0. The number of carbonyl (C=O) groups is 8. The summed E-state index contributed by atoms with van der Waals surface area (Å²) in [6.07, 6.45) is 0. The molecule has 0 spiro atoms. The molecule has 0 aromatic rings. The molecule has 0 radical (unpaired) electrons. The molecule has 0 aliphatic heterocycles. The van der Waals surface area contributed by atoms with Crippen LogP contribution >= 0.6 is 0 Å². The van der Waals surface area contributed by atoms with Gasteiger partial charge in [-0.25, -0.2) is 0 Å². The number of hydrogen-bond donors (Lipinski definition) is 0. The summed E-state index contributed by atoms with van der Waals surface area (Å²) in [5.74, 6) is -17.5. The summed E-state index contributed by atoms with van der Waals surface area (Å²) >= 11 is 0. The molecule has 0 saturated heterocycles. The van der Waals surface area contributed by atoms with Crippen molar-refractivity contribution in [2.45, 2.75) is 0 Å². The van der Waals surface area contributed by atoms with E-state index in [1.165, 1.54) is 0 Å². The molecule has 0 aromatic carbocycles. The zero-order valence-electron chi connectivity index (χ0n) is 15.5. The van der Waals surface area contributed by atoms with Crippen LogP contribution in [0.3, 0.4) is 0 Å². The Kier molecular flexibility index (Phi) is 136. The molecule has 0 unspecified atom stereocenters. The van der Waals surface area contributed by atoms with Crippen molar-refractivity contribution in [3.05, 3.63) is 0 Å². The predicted molar refractivity (Wildman–Crippen MR) is 69.0 cm³/mol. The summed E-state index contributed by atoms with van der Waals surface area (Å²) in [5.41, 5.74) is 0. The smallest absolute Gasteiger partial charge is 0.543 e. The van der Waals surface area contributed by atoms with E-state index in [-0.39, 0.29) is 95.2 Å². The van der Waals surface area contributed by atoms with Crippen LogP contribution in [0.2, 0.25) is 0 Å². The molecule has 0 saturated carbocycles. The van der Waals surface area contributed by atoms with Crippen LogP contribution in [-0.4, -0.2) is 91.6 Å². The Hall–Kier alpha value is -2.92. The molecule has 0 aliphatic rings. The van der Waals surface area contributed by atoms with Crippen molar-refractivity contribution in [3.63, 3.8) is 0 Å². The van der Waals surface area contributed by atoms with Crippen molar-refractivity contribution in [2.75, 3.05) is 0 Å². The van der Waals surface area contributed by atoms with Crippen LogP contribution in [0.25, 0.3) is 0 Å². The first-order valence-corrected chi connectivity index (χ1v) is 4.27. The van der Waals surface area contributed by atoms with Gasteiger partial charge in [0.05, 0.1) is 47.8 Å². The largest absolute Gasteiger partial charge is 1.00 e. The predicted octanol–water partition coefficient (Wildman–Crippen LogP) is -23.6. The molecule has 200 valence electrons. The normalized spacial score (nSPS) is 5.33. The van der Waals surface area contributed by atoms with Gasteiger partial charge in [-0.1, -0.05) is 0 Å². The summed E-state index contributed by atoms with van der Waals surface area (Å²) in [4.78, 5) is 71.4. The van der Waals surface area contributed by atoms with E-state index in [1.807, 2.05) is 0 Å². The summed E-state index contributed by atoms with van der Waals surface area (Å²) in [6, 6.07) is 0. The SMILES string of the molecule is O.O.O.O.O.O.O.O.O=C([O-])C(=O)[O-].O=C([O-])C(=O)[O-].O=C([O-])C(=O)[O-].O=C([O-])C(=O)[O-].[K+]. The molecule has 0 aliphatic carbocycles. The van der Waals surface area contributed by atoms with Crippen LogP contribution in [0.4, 0.5) is 0 Å². The minimum atomic E-state index is -2.19. The van der Waals surface area contributed by atoms with Gasteiger partial charge in [-0.05, 0) is 0 Å². The van der Waals surface area contributed by atoms with Crippen LogP contribution in [0, 0.1) is 0 Å². The Labute approximate surface area is 221 Å². The van der Waals surface area contributed by atoms with Gasteiger partial charge in [0.1, 0.15) is 0 Å². The third kappa shape index (κ3) is 125. The van der Waals surface area contributed by atoms with Gasteiger partial charge in [-0.3, -0.25) is 0 Å². The van der Waals surface area contributed by atoms with Gasteiger partial charge in [0.2, 0.25) is 0 Å². The Morgan fingerprint density at radius 1 is 0.242 bits per heavy atom. The first kappa shape index (κ1) is 87.2. The number of carbonyl (C=O) groups excluding carboxylic acids is 8. The quantitative estimate of drug-likeness (QED) is 0.205. The summed E-state index contributed by atoms with van der Waals surface area (Å²) in [5, 5.41) is 71.4. The average molecular weight is 535 g/mol. The van der Waals surface area contributed by atoms with Gasteiger partial charge in [0.25, 0.3) is 0 Å². The summed E-state index contributed by atoms with van der Waals surface area (Å²) in [7, 11) is 0. The fourth-order valence-corrected chi connectivity index (χ4v) is 0. The maximum atomic E-state index is 8.93. The van der Waals surface area contributed by atoms with E-state index in [2.05, 4.69) is 0 Å². The second-order valence-corrected chi connectivity index (χ2v) is 2.30. The molecule has 33 heavy (non-hydrogen) atoms. The van der Waals surface area contributed by atoms with Crippen LogP contribution in [0.1, 0.15) is 0 Å². The molecule has 24 nitrogen and oxygen atoms in total. The second-order valence-electron chi connectivity index (χ2n) is 2.30. The Morgan fingerprint density at radius 3 is 0.273 bits per heavy atom. The summed E-state index contributed by atoms with van der Waals surface area (Å²) < 4.78 is 0. The monoisotopic (exact) mass is 535 g/mol. The molecular formula is C8H16KO24-7. The molecule has 0 fully saturated rings. The van der Waals surface area contributed by atoms with E-state index in [0.717, 1.165) is 0 Å². The van der Waals surface area contributed by atoms with Crippen molar-refractivity contribution in [1.29, 1.82) is 0 Å². The fraction of sp³-hybridized carbons (Fsp3) is 0. The van der Waals surface area contributed by atoms with E-state index in [1.54, 1.807) is 0 Å². The Balaban J connectivity index is -0.0000000135. The number of carboxylic acid groups (broad SMARTS) is 8. The number of hydrogen-bond acceptors (Lipinski definition) is 16. The maximum Gasteiger partial charge on any atom is 1.00 e. The third-order valence-electron chi connectivity index (χ3n) is 0.667. The minimum absolute atomic E-state index is 0. The molecule has 0 atom stereocenters. The van der Waals surface area contributed by atoms with Crippen LogP contribution < -0.4 is 92.2 Å². The molecule has 0 aromatic heterocycles. The average Bonchev–Trinajstić information content (AvgIpc) is 2.40. The van der Waals surface area contributed by atoms with Crippen LogP contribution in [0.5, 0.6) is 0 Å². The minimum Gasteiger partial charge on any atom is -0.543 e. The molecule has 16 N–H and O–H groups in total. The topological polar surface area (TPSA) is 573 Å². The van der Waals surface area contributed by atoms with Crippen molar-refractivity contribution < 1.29 is 174 Å². The van der Waals surface area contributed by atoms with E-state index in [0.29, 0.717) is 0 Å². The van der Waals surface area contributed by atoms with Gasteiger partial charge in [-0.15, -0.1) is 0 Å². The molecule has 0 bridgehead atoms. The van der Waals surface area contributed by atoms with E-state index in [4.69, 9.17) is 79.2 Å². The van der Waals surface area contributed by atoms with Crippen LogP contribution in [-0.2, 0) is 38.4 Å². The van der Waals surface area contributed by atoms with E-state index < -0.39 is 47.8 Å². The second kappa shape index (κ2) is 51.6. The number of aliphatic carboxylic acids is 8.